The van der Waals surface area contributed by atoms with Crippen molar-refractivity contribution >= 4 is 17.2 Å². The van der Waals surface area contributed by atoms with Gasteiger partial charge in [0.25, 0.3) is 0 Å². The lowest BCUT2D eigenvalue weighted by Gasteiger charge is -2.08. The summed E-state index contributed by atoms with van der Waals surface area (Å²) in [7, 11) is 0. The fourth-order valence-corrected chi connectivity index (χ4v) is 3.04. The summed E-state index contributed by atoms with van der Waals surface area (Å²) in [5.74, 6) is 0. The van der Waals surface area contributed by atoms with Crippen LogP contribution in [-0.4, -0.2) is 9.97 Å². The maximum atomic E-state index is 6.21. The molecule has 0 N–H and O–H groups in total. The standard InChI is InChI=1S/C23H21ClN2/c1-3-9-17(10-4-2)19-13-8-14-20(15-19)22-16-21(25-23(24)26-22)18-11-6-5-7-12-18/h3,5-16H,4H2,1-2H3/b9-3-,17-10+. The highest BCUT2D eigenvalue weighted by Gasteiger charge is 2.08. The van der Waals surface area contributed by atoms with Crippen molar-refractivity contribution in [1.82, 2.24) is 9.97 Å². The first-order valence-electron chi connectivity index (χ1n) is 8.75. The lowest BCUT2D eigenvalue weighted by molar-refractivity contribution is 1.18. The van der Waals surface area contributed by atoms with E-state index in [9.17, 15) is 0 Å². The van der Waals surface area contributed by atoms with E-state index in [1.165, 1.54) is 11.1 Å². The second kappa shape index (κ2) is 8.59. The minimum absolute atomic E-state index is 0.254. The smallest absolute Gasteiger partial charge is 0.218 e. The van der Waals surface area contributed by atoms with E-state index in [0.29, 0.717) is 0 Å². The zero-order valence-corrected chi connectivity index (χ0v) is 15.7. The molecule has 0 amide bonds. The van der Waals surface area contributed by atoms with Gasteiger partial charge < -0.3 is 0 Å². The van der Waals surface area contributed by atoms with Crippen molar-refractivity contribution in [3.05, 3.63) is 89.7 Å². The quantitative estimate of drug-likeness (QED) is 0.368. The molecule has 0 spiro atoms. The molecule has 1 aromatic heterocycles. The summed E-state index contributed by atoms with van der Waals surface area (Å²) in [5.41, 5.74) is 6.06. The van der Waals surface area contributed by atoms with E-state index in [-0.39, 0.29) is 5.28 Å². The number of benzene rings is 2. The SMILES string of the molecule is C/C=C\C(=C/CC)c1cccc(-c2cc(-c3ccccc3)nc(Cl)n2)c1. The number of halogens is 1. The zero-order valence-electron chi connectivity index (χ0n) is 15.0. The zero-order chi connectivity index (χ0) is 18.4. The molecule has 0 atom stereocenters. The van der Waals surface area contributed by atoms with Crippen LogP contribution in [0.4, 0.5) is 0 Å². The van der Waals surface area contributed by atoms with Crippen molar-refractivity contribution in [3.8, 4) is 22.5 Å². The van der Waals surface area contributed by atoms with E-state index < -0.39 is 0 Å². The lowest BCUT2D eigenvalue weighted by atomic mass is 10.00. The van der Waals surface area contributed by atoms with Gasteiger partial charge in [-0.3, -0.25) is 0 Å². The molecule has 0 unspecified atom stereocenters. The van der Waals surface area contributed by atoms with Crippen LogP contribution >= 0.6 is 11.6 Å². The Bertz CT molecular complexity index is 943. The lowest BCUT2D eigenvalue weighted by Crippen LogP contribution is -1.92. The normalized spacial score (nSPS) is 11.9. The van der Waals surface area contributed by atoms with Crippen LogP contribution in [0.5, 0.6) is 0 Å². The van der Waals surface area contributed by atoms with Crippen LogP contribution in [0.1, 0.15) is 25.8 Å². The molecule has 3 rings (SSSR count). The third-order valence-corrected chi connectivity index (χ3v) is 4.20. The summed E-state index contributed by atoms with van der Waals surface area (Å²) in [6.45, 7) is 4.17. The Morgan fingerprint density at radius 2 is 1.62 bits per heavy atom. The number of hydrogen-bond acceptors (Lipinski definition) is 2. The Hall–Kier alpha value is -2.71. The van der Waals surface area contributed by atoms with E-state index >= 15 is 0 Å². The van der Waals surface area contributed by atoms with E-state index in [1.807, 2.05) is 43.3 Å². The van der Waals surface area contributed by atoms with Gasteiger partial charge in [-0.25, -0.2) is 9.97 Å². The topological polar surface area (TPSA) is 25.8 Å². The molecule has 0 fully saturated rings. The Balaban J connectivity index is 2.06. The molecule has 3 heteroatoms. The largest absolute Gasteiger partial charge is 0.223 e. The number of rotatable bonds is 5. The summed E-state index contributed by atoms with van der Waals surface area (Å²) < 4.78 is 0. The number of hydrogen-bond donors (Lipinski definition) is 0. The van der Waals surface area contributed by atoms with Gasteiger partial charge in [0.1, 0.15) is 0 Å². The van der Waals surface area contributed by atoms with Crippen molar-refractivity contribution < 1.29 is 0 Å². The molecule has 0 aliphatic rings. The molecule has 0 saturated heterocycles. The van der Waals surface area contributed by atoms with Gasteiger partial charge >= 0.3 is 0 Å². The Kier molecular flexibility index (Phi) is 5.98. The minimum atomic E-state index is 0.254. The Morgan fingerprint density at radius 1 is 0.923 bits per heavy atom. The summed E-state index contributed by atoms with van der Waals surface area (Å²) >= 11 is 6.21. The van der Waals surface area contributed by atoms with E-state index in [4.69, 9.17) is 11.6 Å². The Labute approximate surface area is 159 Å². The highest BCUT2D eigenvalue weighted by Crippen LogP contribution is 2.27. The monoisotopic (exact) mass is 360 g/mol. The third kappa shape index (κ3) is 4.27. The maximum absolute atomic E-state index is 6.21. The van der Waals surface area contributed by atoms with Gasteiger partial charge in [0, 0.05) is 11.1 Å². The molecule has 26 heavy (non-hydrogen) atoms. The van der Waals surface area contributed by atoms with Gasteiger partial charge in [-0.2, -0.15) is 0 Å². The van der Waals surface area contributed by atoms with Crippen LogP contribution in [0.25, 0.3) is 28.1 Å². The first kappa shape index (κ1) is 18.1. The molecule has 1 heterocycles. The molecule has 130 valence electrons. The first-order valence-corrected chi connectivity index (χ1v) is 9.12. The van der Waals surface area contributed by atoms with Crippen molar-refractivity contribution in [2.45, 2.75) is 20.3 Å². The van der Waals surface area contributed by atoms with E-state index in [1.54, 1.807) is 0 Å². The molecule has 2 nitrogen and oxygen atoms in total. The summed E-state index contributed by atoms with van der Waals surface area (Å²) in [6.07, 6.45) is 7.40. The van der Waals surface area contributed by atoms with Crippen LogP contribution in [0.2, 0.25) is 5.28 Å². The second-order valence-corrected chi connectivity index (χ2v) is 6.26. The van der Waals surface area contributed by atoms with Crippen LogP contribution in [0.15, 0.2) is 78.9 Å². The highest BCUT2D eigenvalue weighted by atomic mass is 35.5. The van der Waals surface area contributed by atoms with Crippen molar-refractivity contribution in [2.24, 2.45) is 0 Å². The molecule has 0 aliphatic carbocycles. The van der Waals surface area contributed by atoms with Crippen molar-refractivity contribution in [3.63, 3.8) is 0 Å². The first-order chi connectivity index (χ1) is 12.7. The third-order valence-electron chi connectivity index (χ3n) is 4.03. The maximum Gasteiger partial charge on any atom is 0.223 e. The molecule has 0 saturated carbocycles. The van der Waals surface area contributed by atoms with Gasteiger partial charge in [0.05, 0.1) is 11.4 Å². The van der Waals surface area contributed by atoms with Gasteiger partial charge in [0.2, 0.25) is 5.28 Å². The summed E-state index contributed by atoms with van der Waals surface area (Å²) in [4.78, 5) is 8.82. The van der Waals surface area contributed by atoms with Crippen LogP contribution < -0.4 is 0 Å². The van der Waals surface area contributed by atoms with Gasteiger partial charge in [0.15, 0.2) is 0 Å². The molecule has 3 aromatic rings. The molecule has 2 aromatic carbocycles. The summed E-state index contributed by atoms with van der Waals surface area (Å²) in [5, 5.41) is 0.254. The highest BCUT2D eigenvalue weighted by molar-refractivity contribution is 6.28. The molecule has 0 radical (unpaired) electrons. The molecule has 0 aliphatic heterocycles. The minimum Gasteiger partial charge on any atom is -0.218 e. The van der Waals surface area contributed by atoms with Gasteiger partial charge in [-0.05, 0) is 48.2 Å². The number of allylic oxidation sites excluding steroid dienone is 4. The predicted octanol–water partition coefficient (Wildman–Crippen LogP) is 6.83. The van der Waals surface area contributed by atoms with Crippen molar-refractivity contribution in [2.75, 3.05) is 0 Å². The number of nitrogens with zero attached hydrogens (tertiary/aromatic N) is 2. The fraction of sp³-hybridized carbons (Fsp3) is 0.130. The summed E-state index contributed by atoms with van der Waals surface area (Å²) in [6, 6.07) is 20.4. The van der Waals surface area contributed by atoms with Crippen LogP contribution in [0, 0.1) is 0 Å². The molecule has 0 bridgehead atoms. The van der Waals surface area contributed by atoms with E-state index in [0.717, 1.165) is 28.9 Å². The fourth-order valence-electron chi connectivity index (χ4n) is 2.86. The second-order valence-electron chi connectivity index (χ2n) is 5.92. The number of aromatic nitrogens is 2. The molecular weight excluding hydrogens is 340 g/mol. The Morgan fingerprint density at radius 3 is 2.31 bits per heavy atom. The van der Waals surface area contributed by atoms with Gasteiger partial charge in [-0.15, -0.1) is 0 Å². The van der Waals surface area contributed by atoms with Crippen molar-refractivity contribution in [1.29, 1.82) is 0 Å². The van der Waals surface area contributed by atoms with E-state index in [2.05, 4.69) is 59.4 Å². The van der Waals surface area contributed by atoms with Gasteiger partial charge in [-0.1, -0.05) is 73.7 Å². The predicted molar refractivity (Wildman–Crippen MR) is 111 cm³/mol. The average molecular weight is 361 g/mol. The molecular formula is C23H21ClN2. The van der Waals surface area contributed by atoms with Crippen LogP contribution in [-0.2, 0) is 0 Å². The van der Waals surface area contributed by atoms with Crippen LogP contribution in [0.3, 0.4) is 0 Å². The average Bonchev–Trinajstić information content (AvgIpc) is 2.68.